The van der Waals surface area contributed by atoms with Gasteiger partial charge in [-0.2, -0.15) is 0 Å². The smallest absolute Gasteiger partial charge is 0.316 e. The third-order valence-corrected chi connectivity index (χ3v) is 3.56. The number of halogens is 1. The molecule has 2 fully saturated rings. The first-order chi connectivity index (χ1) is 6.11. The van der Waals surface area contributed by atoms with Crippen LogP contribution >= 0.6 is 11.6 Å². The Bertz CT molecular complexity index is 234. The van der Waals surface area contributed by atoms with Gasteiger partial charge < -0.3 is 9.80 Å². The standard InChI is InChI=1S/C9H15ClN2O/c1-11-4-2-9(6-11)3-5-12(7-9)8(10)13/h2-7H2,1H3. The Morgan fingerprint density at radius 1 is 1.31 bits per heavy atom. The second kappa shape index (κ2) is 3.14. The maximum Gasteiger partial charge on any atom is 0.316 e. The topological polar surface area (TPSA) is 23.6 Å². The minimum absolute atomic E-state index is 0.286. The molecule has 2 aliphatic rings. The van der Waals surface area contributed by atoms with E-state index in [9.17, 15) is 4.79 Å². The molecule has 1 spiro atoms. The van der Waals surface area contributed by atoms with E-state index in [-0.39, 0.29) is 5.37 Å². The first-order valence-corrected chi connectivity index (χ1v) is 5.12. The summed E-state index contributed by atoms with van der Waals surface area (Å²) in [6.45, 7) is 3.98. The number of rotatable bonds is 0. The third kappa shape index (κ3) is 1.67. The minimum atomic E-state index is -0.286. The number of amides is 1. The fourth-order valence-corrected chi connectivity index (χ4v) is 2.72. The maximum absolute atomic E-state index is 10.9. The molecule has 2 aliphatic heterocycles. The van der Waals surface area contributed by atoms with E-state index in [1.165, 1.54) is 6.42 Å². The average molecular weight is 203 g/mol. The van der Waals surface area contributed by atoms with Crippen molar-refractivity contribution in [1.82, 2.24) is 9.80 Å². The largest absolute Gasteiger partial charge is 0.329 e. The lowest BCUT2D eigenvalue weighted by atomic mass is 9.86. The Kier molecular flexibility index (Phi) is 2.24. The van der Waals surface area contributed by atoms with Crippen LogP contribution in [0.2, 0.25) is 0 Å². The Labute approximate surface area is 83.6 Å². The van der Waals surface area contributed by atoms with Gasteiger partial charge in [-0.3, -0.25) is 4.79 Å². The maximum atomic E-state index is 10.9. The van der Waals surface area contributed by atoms with E-state index >= 15 is 0 Å². The van der Waals surface area contributed by atoms with Gasteiger partial charge in [0.25, 0.3) is 0 Å². The predicted octanol–water partition coefficient (Wildman–Crippen LogP) is 1.37. The fourth-order valence-electron chi connectivity index (χ4n) is 2.58. The molecule has 0 bridgehead atoms. The molecule has 1 atom stereocenters. The van der Waals surface area contributed by atoms with Crippen molar-refractivity contribution in [2.24, 2.45) is 5.41 Å². The number of hydrogen-bond acceptors (Lipinski definition) is 2. The van der Waals surface area contributed by atoms with Gasteiger partial charge in [0, 0.05) is 25.0 Å². The van der Waals surface area contributed by atoms with Crippen LogP contribution in [0, 0.1) is 5.41 Å². The van der Waals surface area contributed by atoms with Crippen molar-refractivity contribution < 1.29 is 4.79 Å². The van der Waals surface area contributed by atoms with Gasteiger partial charge in [-0.1, -0.05) is 0 Å². The third-order valence-electron chi connectivity index (χ3n) is 3.32. The van der Waals surface area contributed by atoms with E-state index in [1.807, 2.05) is 0 Å². The fraction of sp³-hybridized carbons (Fsp3) is 0.889. The molecule has 1 unspecified atom stereocenters. The lowest BCUT2D eigenvalue weighted by molar-refractivity contribution is 0.222. The molecular formula is C9H15ClN2O. The van der Waals surface area contributed by atoms with Gasteiger partial charge in [0.05, 0.1) is 0 Å². The van der Waals surface area contributed by atoms with Crippen LogP contribution in [0.1, 0.15) is 12.8 Å². The molecule has 4 heteroatoms. The van der Waals surface area contributed by atoms with E-state index in [1.54, 1.807) is 4.90 Å². The molecule has 2 rings (SSSR count). The van der Waals surface area contributed by atoms with E-state index < -0.39 is 0 Å². The summed E-state index contributed by atoms with van der Waals surface area (Å²) >= 11 is 5.46. The molecule has 74 valence electrons. The lowest BCUT2D eigenvalue weighted by Crippen LogP contribution is -2.30. The van der Waals surface area contributed by atoms with E-state index in [0.29, 0.717) is 5.41 Å². The zero-order chi connectivity index (χ0) is 9.47. The van der Waals surface area contributed by atoms with Crippen molar-refractivity contribution in [2.75, 3.05) is 33.2 Å². The molecule has 0 aromatic carbocycles. The molecule has 0 N–H and O–H groups in total. The second-order valence-corrected chi connectivity index (χ2v) is 4.74. The first-order valence-electron chi connectivity index (χ1n) is 4.74. The number of hydrogen-bond donors (Lipinski definition) is 0. The number of likely N-dealkylation sites (tertiary alicyclic amines) is 2. The van der Waals surface area contributed by atoms with Crippen LogP contribution in [0.4, 0.5) is 4.79 Å². The average Bonchev–Trinajstić information content (AvgIpc) is 2.61. The molecule has 13 heavy (non-hydrogen) atoms. The van der Waals surface area contributed by atoms with Crippen molar-refractivity contribution in [3.8, 4) is 0 Å². The van der Waals surface area contributed by atoms with Gasteiger partial charge >= 0.3 is 5.37 Å². The molecule has 0 aliphatic carbocycles. The Morgan fingerprint density at radius 3 is 2.46 bits per heavy atom. The summed E-state index contributed by atoms with van der Waals surface area (Å²) in [5.41, 5.74) is 0.360. The van der Waals surface area contributed by atoms with Crippen LogP contribution in [0.15, 0.2) is 0 Å². The van der Waals surface area contributed by atoms with Crippen molar-refractivity contribution >= 4 is 17.0 Å². The molecule has 2 saturated heterocycles. The highest BCUT2D eigenvalue weighted by atomic mass is 35.5. The van der Waals surface area contributed by atoms with Gasteiger partial charge in [0.1, 0.15) is 0 Å². The summed E-state index contributed by atoms with van der Waals surface area (Å²) in [7, 11) is 2.14. The first kappa shape index (κ1) is 9.28. The molecular weight excluding hydrogens is 188 g/mol. The van der Waals surface area contributed by atoms with Crippen LogP contribution in [0.5, 0.6) is 0 Å². The van der Waals surface area contributed by atoms with Crippen molar-refractivity contribution in [2.45, 2.75) is 12.8 Å². The zero-order valence-corrected chi connectivity index (χ0v) is 8.68. The SMILES string of the molecule is CN1CCC2(CCN(C(=O)Cl)C2)C1. The Morgan fingerprint density at radius 2 is 2.00 bits per heavy atom. The number of nitrogens with zero attached hydrogens (tertiary/aromatic N) is 2. The van der Waals surface area contributed by atoms with Crippen LogP contribution in [-0.2, 0) is 0 Å². The van der Waals surface area contributed by atoms with Gasteiger partial charge in [-0.15, -0.1) is 0 Å². The number of carbonyl (C=O) groups is 1. The highest BCUT2D eigenvalue weighted by molar-refractivity contribution is 6.62. The van der Waals surface area contributed by atoms with Gasteiger partial charge in [-0.05, 0) is 38.0 Å². The minimum Gasteiger partial charge on any atom is -0.329 e. The van der Waals surface area contributed by atoms with E-state index in [2.05, 4.69) is 11.9 Å². The van der Waals surface area contributed by atoms with Crippen molar-refractivity contribution in [3.05, 3.63) is 0 Å². The lowest BCUT2D eigenvalue weighted by Gasteiger charge is -2.22. The van der Waals surface area contributed by atoms with Crippen molar-refractivity contribution in [3.63, 3.8) is 0 Å². The normalized spacial score (nSPS) is 34.8. The van der Waals surface area contributed by atoms with E-state index in [4.69, 9.17) is 11.6 Å². The van der Waals surface area contributed by atoms with Crippen LogP contribution in [0.25, 0.3) is 0 Å². The summed E-state index contributed by atoms with van der Waals surface area (Å²) in [6.07, 6.45) is 2.33. The quantitative estimate of drug-likeness (QED) is 0.438. The molecule has 0 radical (unpaired) electrons. The highest BCUT2D eigenvalue weighted by Gasteiger charge is 2.43. The molecule has 3 nitrogen and oxygen atoms in total. The van der Waals surface area contributed by atoms with Crippen LogP contribution in [-0.4, -0.2) is 48.4 Å². The Hall–Kier alpha value is -0.280. The molecule has 2 heterocycles. The summed E-state index contributed by atoms with van der Waals surface area (Å²) in [6, 6.07) is 0. The van der Waals surface area contributed by atoms with Crippen LogP contribution in [0.3, 0.4) is 0 Å². The van der Waals surface area contributed by atoms with E-state index in [0.717, 1.165) is 32.6 Å². The molecule has 0 saturated carbocycles. The molecule has 1 amide bonds. The Balaban J connectivity index is 2.01. The summed E-state index contributed by atoms with van der Waals surface area (Å²) in [5.74, 6) is 0. The monoisotopic (exact) mass is 202 g/mol. The van der Waals surface area contributed by atoms with Crippen molar-refractivity contribution in [1.29, 1.82) is 0 Å². The van der Waals surface area contributed by atoms with Gasteiger partial charge in [0.15, 0.2) is 0 Å². The summed E-state index contributed by atoms with van der Waals surface area (Å²) < 4.78 is 0. The summed E-state index contributed by atoms with van der Waals surface area (Å²) in [5, 5.41) is -0.286. The highest BCUT2D eigenvalue weighted by Crippen LogP contribution is 2.39. The summed E-state index contributed by atoms with van der Waals surface area (Å²) in [4.78, 5) is 15.0. The van der Waals surface area contributed by atoms with Gasteiger partial charge in [0.2, 0.25) is 0 Å². The zero-order valence-electron chi connectivity index (χ0n) is 7.92. The second-order valence-electron chi connectivity index (χ2n) is 4.41. The predicted molar refractivity (Wildman–Crippen MR) is 52.0 cm³/mol. The number of carbonyl (C=O) groups excluding carboxylic acids is 1. The van der Waals surface area contributed by atoms with Crippen LogP contribution < -0.4 is 0 Å². The van der Waals surface area contributed by atoms with Gasteiger partial charge in [-0.25, -0.2) is 0 Å². The molecule has 0 aromatic rings. The molecule has 0 aromatic heterocycles.